The average Bonchev–Trinajstić information content (AvgIpc) is 2.96. The summed E-state index contributed by atoms with van der Waals surface area (Å²) in [6.45, 7) is 4.88. The molecular weight excluding hydrogens is 250 g/mol. The van der Waals surface area contributed by atoms with Crippen molar-refractivity contribution in [1.82, 2.24) is 19.3 Å². The molecule has 0 N–H and O–H groups in total. The molecule has 0 bridgehead atoms. The van der Waals surface area contributed by atoms with Gasteiger partial charge < -0.3 is 4.57 Å². The minimum Gasteiger partial charge on any atom is -0.323 e. The molecule has 3 aromatic rings. The third kappa shape index (κ3) is 1.77. The number of aryl methyl sites for hydroxylation is 3. The molecule has 0 unspecified atom stereocenters. The number of rotatable bonds is 2. The predicted octanol–water partition coefficient (Wildman–Crippen LogP) is 2.64. The Morgan fingerprint density at radius 2 is 2.10 bits per heavy atom. The zero-order valence-corrected chi connectivity index (χ0v) is 11.8. The lowest BCUT2D eigenvalue weighted by molar-refractivity contribution is 0.737. The van der Waals surface area contributed by atoms with Crippen LogP contribution < -0.4 is 0 Å². The summed E-state index contributed by atoms with van der Waals surface area (Å²) in [4.78, 5) is 4.69. The van der Waals surface area contributed by atoms with Crippen LogP contribution in [-0.4, -0.2) is 19.3 Å². The normalized spacial score (nSPS) is 10.9. The van der Waals surface area contributed by atoms with Crippen molar-refractivity contribution in [1.29, 1.82) is 5.26 Å². The monoisotopic (exact) mass is 265 g/mol. The summed E-state index contributed by atoms with van der Waals surface area (Å²) >= 11 is 0. The quantitative estimate of drug-likeness (QED) is 0.715. The highest BCUT2D eigenvalue weighted by Gasteiger charge is 2.15. The van der Waals surface area contributed by atoms with Crippen LogP contribution in [0.15, 0.2) is 24.3 Å². The number of imidazole rings is 1. The number of hydrogen-bond donors (Lipinski definition) is 0. The van der Waals surface area contributed by atoms with Crippen molar-refractivity contribution in [3.63, 3.8) is 0 Å². The molecule has 0 saturated heterocycles. The first-order chi connectivity index (χ1) is 9.63. The van der Waals surface area contributed by atoms with Crippen molar-refractivity contribution < 1.29 is 0 Å². The Labute approximate surface area is 117 Å². The van der Waals surface area contributed by atoms with Crippen LogP contribution in [0.25, 0.3) is 22.6 Å². The molecule has 20 heavy (non-hydrogen) atoms. The van der Waals surface area contributed by atoms with Gasteiger partial charge in [-0.1, -0.05) is 0 Å². The Morgan fingerprint density at radius 3 is 2.70 bits per heavy atom. The molecule has 0 fully saturated rings. The zero-order chi connectivity index (χ0) is 14.3. The van der Waals surface area contributed by atoms with Gasteiger partial charge in [0, 0.05) is 13.6 Å². The lowest BCUT2D eigenvalue weighted by Crippen LogP contribution is -2.02. The average molecular weight is 265 g/mol. The van der Waals surface area contributed by atoms with Crippen LogP contribution in [0.2, 0.25) is 0 Å². The summed E-state index contributed by atoms with van der Waals surface area (Å²) in [6, 6.07) is 9.79. The van der Waals surface area contributed by atoms with Crippen LogP contribution in [-0.2, 0) is 13.6 Å². The maximum atomic E-state index is 9.00. The van der Waals surface area contributed by atoms with Crippen molar-refractivity contribution in [2.45, 2.75) is 20.4 Å². The smallest absolute Gasteiger partial charge is 0.159 e. The number of nitrogens with zero attached hydrogens (tertiary/aromatic N) is 5. The van der Waals surface area contributed by atoms with Gasteiger partial charge in [-0.25, -0.2) is 4.98 Å². The summed E-state index contributed by atoms with van der Waals surface area (Å²) in [5.74, 6) is 0.890. The summed E-state index contributed by atoms with van der Waals surface area (Å²) in [6.07, 6.45) is 0. The molecule has 5 heteroatoms. The Balaban J connectivity index is 2.30. The fraction of sp³-hybridized carbons (Fsp3) is 0.267. The summed E-state index contributed by atoms with van der Waals surface area (Å²) in [5.41, 5.74) is 4.47. The van der Waals surface area contributed by atoms with Gasteiger partial charge in [0.05, 0.1) is 28.4 Å². The molecule has 5 nitrogen and oxygen atoms in total. The Morgan fingerprint density at radius 1 is 1.30 bits per heavy atom. The lowest BCUT2D eigenvalue weighted by Gasteiger charge is -2.05. The first-order valence-corrected chi connectivity index (χ1v) is 6.55. The third-order valence-corrected chi connectivity index (χ3v) is 3.42. The van der Waals surface area contributed by atoms with Crippen molar-refractivity contribution in [3.05, 3.63) is 35.5 Å². The van der Waals surface area contributed by atoms with E-state index in [0.29, 0.717) is 5.56 Å². The molecular formula is C15H15N5. The number of nitriles is 1. The van der Waals surface area contributed by atoms with Crippen LogP contribution in [0.5, 0.6) is 0 Å². The van der Waals surface area contributed by atoms with Crippen molar-refractivity contribution >= 4 is 11.0 Å². The van der Waals surface area contributed by atoms with E-state index in [4.69, 9.17) is 5.26 Å². The number of hydrogen-bond acceptors (Lipinski definition) is 3. The SMILES string of the molecule is CCn1c(-c2cc(C)nn2C)nc2cc(C#N)ccc21. The van der Waals surface area contributed by atoms with Crippen molar-refractivity contribution in [2.75, 3.05) is 0 Å². The highest BCUT2D eigenvalue weighted by atomic mass is 15.3. The molecule has 0 aliphatic carbocycles. The molecule has 2 aromatic heterocycles. The van der Waals surface area contributed by atoms with Gasteiger partial charge in [0.15, 0.2) is 5.82 Å². The van der Waals surface area contributed by atoms with Crippen LogP contribution in [0, 0.1) is 18.3 Å². The van der Waals surface area contributed by atoms with E-state index in [-0.39, 0.29) is 0 Å². The fourth-order valence-corrected chi connectivity index (χ4v) is 2.53. The Kier molecular flexibility index (Phi) is 2.79. The van der Waals surface area contributed by atoms with E-state index in [9.17, 15) is 0 Å². The fourth-order valence-electron chi connectivity index (χ4n) is 2.53. The van der Waals surface area contributed by atoms with Gasteiger partial charge in [-0.15, -0.1) is 0 Å². The lowest BCUT2D eigenvalue weighted by atomic mass is 10.2. The summed E-state index contributed by atoms with van der Waals surface area (Å²) in [7, 11) is 1.92. The maximum Gasteiger partial charge on any atom is 0.159 e. The van der Waals surface area contributed by atoms with Gasteiger partial charge in [-0.05, 0) is 38.1 Å². The van der Waals surface area contributed by atoms with Gasteiger partial charge in [-0.2, -0.15) is 10.4 Å². The van der Waals surface area contributed by atoms with Gasteiger partial charge in [0.25, 0.3) is 0 Å². The van der Waals surface area contributed by atoms with Crippen LogP contribution >= 0.6 is 0 Å². The van der Waals surface area contributed by atoms with Crippen LogP contribution in [0.4, 0.5) is 0 Å². The second kappa shape index (κ2) is 4.49. The molecule has 0 spiro atoms. The minimum atomic E-state index is 0.631. The van der Waals surface area contributed by atoms with E-state index in [1.807, 2.05) is 42.9 Å². The molecule has 3 rings (SSSR count). The van der Waals surface area contributed by atoms with E-state index in [0.717, 1.165) is 34.8 Å². The highest BCUT2D eigenvalue weighted by Crippen LogP contribution is 2.25. The Bertz CT molecular complexity index is 832. The predicted molar refractivity (Wildman–Crippen MR) is 77.1 cm³/mol. The first kappa shape index (κ1) is 12.4. The standard InChI is InChI=1S/C15H15N5/c1-4-20-13-6-5-11(9-16)8-12(13)17-15(20)14-7-10(2)18-19(14)3/h5-8H,4H2,1-3H3. The first-order valence-electron chi connectivity index (χ1n) is 6.55. The maximum absolute atomic E-state index is 9.00. The van der Waals surface area contributed by atoms with Crippen LogP contribution in [0.1, 0.15) is 18.2 Å². The largest absolute Gasteiger partial charge is 0.323 e. The van der Waals surface area contributed by atoms with Crippen LogP contribution in [0.3, 0.4) is 0 Å². The van der Waals surface area contributed by atoms with Gasteiger partial charge >= 0.3 is 0 Å². The van der Waals surface area contributed by atoms with Gasteiger partial charge in [0.1, 0.15) is 5.69 Å². The number of fused-ring (bicyclic) bond motifs is 1. The summed E-state index contributed by atoms with van der Waals surface area (Å²) in [5, 5.41) is 13.4. The van der Waals surface area contributed by atoms with Crippen molar-refractivity contribution in [2.24, 2.45) is 7.05 Å². The molecule has 100 valence electrons. The Hall–Kier alpha value is -2.61. The van der Waals surface area contributed by atoms with Gasteiger partial charge in [0.2, 0.25) is 0 Å². The van der Waals surface area contributed by atoms with E-state index < -0.39 is 0 Å². The minimum absolute atomic E-state index is 0.631. The zero-order valence-electron chi connectivity index (χ0n) is 11.8. The molecule has 0 atom stereocenters. The molecule has 0 aliphatic heterocycles. The van der Waals surface area contributed by atoms with Crippen molar-refractivity contribution in [3.8, 4) is 17.6 Å². The van der Waals surface area contributed by atoms with E-state index in [2.05, 4.69) is 27.6 Å². The second-order valence-corrected chi connectivity index (χ2v) is 4.79. The molecule has 0 amide bonds. The summed E-state index contributed by atoms with van der Waals surface area (Å²) < 4.78 is 3.99. The number of aromatic nitrogens is 4. The second-order valence-electron chi connectivity index (χ2n) is 4.79. The topological polar surface area (TPSA) is 59.4 Å². The highest BCUT2D eigenvalue weighted by molar-refractivity contribution is 5.81. The molecule has 0 aliphatic rings. The van der Waals surface area contributed by atoms with Gasteiger partial charge in [-0.3, -0.25) is 4.68 Å². The molecule has 1 aromatic carbocycles. The molecule has 0 saturated carbocycles. The number of benzene rings is 1. The molecule has 2 heterocycles. The van der Waals surface area contributed by atoms with E-state index in [1.165, 1.54) is 0 Å². The molecule has 0 radical (unpaired) electrons. The third-order valence-electron chi connectivity index (χ3n) is 3.42. The van der Waals surface area contributed by atoms with E-state index in [1.54, 1.807) is 0 Å². The van der Waals surface area contributed by atoms with E-state index >= 15 is 0 Å².